The number of benzene rings is 1. The second kappa shape index (κ2) is 4.39. The number of carboxylic acid groups (broad SMARTS) is 1. The fraction of sp³-hybridized carbons (Fsp3) is 0.308. The van der Waals surface area contributed by atoms with E-state index in [2.05, 4.69) is 24.0 Å². The molecule has 0 fully saturated rings. The van der Waals surface area contributed by atoms with Crippen LogP contribution in [0.1, 0.15) is 17.5 Å². The molecular weight excluding hydrogens is 202 g/mol. The van der Waals surface area contributed by atoms with Gasteiger partial charge in [-0.25, -0.2) is 4.79 Å². The third-order valence-corrected chi connectivity index (χ3v) is 2.91. The van der Waals surface area contributed by atoms with Gasteiger partial charge < -0.3 is 10.4 Å². The summed E-state index contributed by atoms with van der Waals surface area (Å²) in [5, 5.41) is 11.8. The van der Waals surface area contributed by atoms with E-state index in [1.165, 1.54) is 17.5 Å². The van der Waals surface area contributed by atoms with Crippen molar-refractivity contribution in [3.63, 3.8) is 0 Å². The Morgan fingerprint density at radius 2 is 2.12 bits per heavy atom. The normalized spacial score (nSPS) is 13.2. The summed E-state index contributed by atoms with van der Waals surface area (Å²) in [6.07, 6.45) is 3.52. The van der Waals surface area contributed by atoms with Crippen LogP contribution in [0.15, 0.2) is 30.4 Å². The smallest absolute Gasteiger partial charge is 0.332 e. The highest BCUT2D eigenvalue weighted by atomic mass is 16.4. The predicted octanol–water partition coefficient (Wildman–Crippen LogP) is 2.23. The number of hydrogen-bond acceptors (Lipinski definition) is 2. The topological polar surface area (TPSA) is 49.3 Å². The van der Waals surface area contributed by atoms with Crippen molar-refractivity contribution in [3.8, 4) is 0 Å². The maximum Gasteiger partial charge on any atom is 0.332 e. The number of carbonyl (C=O) groups is 1. The average molecular weight is 217 g/mol. The third kappa shape index (κ3) is 2.24. The summed E-state index contributed by atoms with van der Waals surface area (Å²) in [4.78, 5) is 10.6. The minimum Gasteiger partial charge on any atom is -0.478 e. The van der Waals surface area contributed by atoms with Gasteiger partial charge in [-0.15, -0.1) is 0 Å². The van der Waals surface area contributed by atoms with Gasteiger partial charge >= 0.3 is 5.97 Å². The van der Waals surface area contributed by atoms with Gasteiger partial charge in [-0.05, 0) is 42.5 Å². The SMILES string of the molecule is C=C(CNc1ccc2c(c1)CCC2)C(=O)O. The number of hydrogen-bond donors (Lipinski definition) is 2. The molecule has 0 aliphatic heterocycles. The highest BCUT2D eigenvalue weighted by Gasteiger charge is 2.11. The molecule has 1 aromatic carbocycles. The Labute approximate surface area is 94.8 Å². The van der Waals surface area contributed by atoms with Gasteiger partial charge in [-0.3, -0.25) is 0 Å². The largest absolute Gasteiger partial charge is 0.478 e. The van der Waals surface area contributed by atoms with Crippen molar-refractivity contribution in [3.05, 3.63) is 41.5 Å². The van der Waals surface area contributed by atoms with Crippen molar-refractivity contribution in [1.29, 1.82) is 0 Å². The molecule has 2 N–H and O–H groups in total. The predicted molar refractivity (Wildman–Crippen MR) is 63.7 cm³/mol. The fourth-order valence-electron chi connectivity index (χ4n) is 1.97. The molecule has 0 amide bonds. The van der Waals surface area contributed by atoms with Crippen molar-refractivity contribution < 1.29 is 9.90 Å². The quantitative estimate of drug-likeness (QED) is 0.760. The average Bonchev–Trinajstić information content (AvgIpc) is 2.72. The molecule has 1 aromatic rings. The molecule has 0 atom stereocenters. The molecule has 3 heteroatoms. The molecule has 0 heterocycles. The summed E-state index contributed by atoms with van der Waals surface area (Å²) >= 11 is 0. The molecule has 84 valence electrons. The first-order chi connectivity index (χ1) is 7.66. The number of fused-ring (bicyclic) bond motifs is 1. The Kier molecular flexibility index (Phi) is 2.95. The highest BCUT2D eigenvalue weighted by Crippen LogP contribution is 2.24. The van der Waals surface area contributed by atoms with Gasteiger partial charge in [0.2, 0.25) is 0 Å². The van der Waals surface area contributed by atoms with Gasteiger partial charge in [0.1, 0.15) is 0 Å². The lowest BCUT2D eigenvalue weighted by Gasteiger charge is -2.08. The van der Waals surface area contributed by atoms with Crippen LogP contribution in [0.4, 0.5) is 5.69 Å². The van der Waals surface area contributed by atoms with E-state index < -0.39 is 5.97 Å². The Morgan fingerprint density at radius 1 is 1.38 bits per heavy atom. The zero-order valence-electron chi connectivity index (χ0n) is 9.12. The van der Waals surface area contributed by atoms with Gasteiger partial charge in [0, 0.05) is 17.8 Å². The maximum absolute atomic E-state index is 10.6. The molecule has 2 rings (SSSR count). The summed E-state index contributed by atoms with van der Waals surface area (Å²) in [5.41, 5.74) is 3.96. The van der Waals surface area contributed by atoms with E-state index in [1.807, 2.05) is 6.07 Å². The van der Waals surface area contributed by atoms with Gasteiger partial charge in [-0.2, -0.15) is 0 Å². The summed E-state index contributed by atoms with van der Waals surface area (Å²) in [7, 11) is 0. The standard InChI is InChI=1S/C13H15NO2/c1-9(13(15)16)8-14-12-6-5-10-3-2-4-11(10)7-12/h5-7,14H,1-4,8H2,(H,15,16). The Bertz CT molecular complexity index is 438. The van der Waals surface area contributed by atoms with Crippen molar-refractivity contribution in [2.75, 3.05) is 11.9 Å². The third-order valence-electron chi connectivity index (χ3n) is 2.91. The van der Waals surface area contributed by atoms with E-state index in [9.17, 15) is 4.79 Å². The lowest BCUT2D eigenvalue weighted by molar-refractivity contribution is -0.132. The van der Waals surface area contributed by atoms with Crippen LogP contribution in [0.2, 0.25) is 0 Å². The zero-order chi connectivity index (χ0) is 11.5. The van der Waals surface area contributed by atoms with Crippen molar-refractivity contribution in [2.24, 2.45) is 0 Å². The maximum atomic E-state index is 10.6. The van der Waals surface area contributed by atoms with E-state index in [1.54, 1.807) is 0 Å². The zero-order valence-corrected chi connectivity index (χ0v) is 9.12. The minimum absolute atomic E-state index is 0.181. The molecule has 0 spiro atoms. The van der Waals surface area contributed by atoms with Crippen molar-refractivity contribution in [2.45, 2.75) is 19.3 Å². The lowest BCUT2D eigenvalue weighted by Crippen LogP contribution is -2.11. The molecule has 0 aromatic heterocycles. The van der Waals surface area contributed by atoms with E-state index >= 15 is 0 Å². The molecule has 3 nitrogen and oxygen atoms in total. The van der Waals surface area contributed by atoms with E-state index in [-0.39, 0.29) is 12.1 Å². The molecule has 16 heavy (non-hydrogen) atoms. The van der Waals surface area contributed by atoms with Gasteiger partial charge in [0.05, 0.1) is 0 Å². The molecule has 1 aliphatic carbocycles. The van der Waals surface area contributed by atoms with Crippen molar-refractivity contribution >= 4 is 11.7 Å². The Hall–Kier alpha value is -1.77. The summed E-state index contributed by atoms with van der Waals surface area (Å²) in [5.74, 6) is -0.950. The first-order valence-electron chi connectivity index (χ1n) is 5.43. The van der Waals surface area contributed by atoms with Crippen LogP contribution in [0.3, 0.4) is 0 Å². The van der Waals surface area contributed by atoms with Crippen LogP contribution in [-0.2, 0) is 17.6 Å². The van der Waals surface area contributed by atoms with Crippen LogP contribution in [0, 0.1) is 0 Å². The second-order valence-electron chi connectivity index (χ2n) is 4.10. The number of aliphatic carboxylic acids is 1. The van der Waals surface area contributed by atoms with Crippen LogP contribution in [0.25, 0.3) is 0 Å². The summed E-state index contributed by atoms with van der Waals surface area (Å²) < 4.78 is 0. The van der Waals surface area contributed by atoms with E-state index in [4.69, 9.17) is 5.11 Å². The highest BCUT2D eigenvalue weighted by molar-refractivity contribution is 5.86. The van der Waals surface area contributed by atoms with Gasteiger partial charge in [-0.1, -0.05) is 12.6 Å². The molecule has 0 bridgehead atoms. The van der Waals surface area contributed by atoms with Crippen LogP contribution < -0.4 is 5.32 Å². The van der Waals surface area contributed by atoms with Crippen LogP contribution >= 0.6 is 0 Å². The second-order valence-corrected chi connectivity index (χ2v) is 4.10. The molecular formula is C13H15NO2. The fourth-order valence-corrected chi connectivity index (χ4v) is 1.97. The van der Waals surface area contributed by atoms with Crippen molar-refractivity contribution in [1.82, 2.24) is 0 Å². The first kappa shape index (κ1) is 10.7. The molecule has 0 saturated heterocycles. The Morgan fingerprint density at radius 3 is 2.88 bits per heavy atom. The number of carboxylic acids is 1. The van der Waals surface area contributed by atoms with E-state index in [0.717, 1.165) is 18.5 Å². The summed E-state index contributed by atoms with van der Waals surface area (Å²) in [6, 6.07) is 6.23. The van der Waals surface area contributed by atoms with Gasteiger partial charge in [0.15, 0.2) is 0 Å². The number of aryl methyl sites for hydroxylation is 2. The first-order valence-corrected chi connectivity index (χ1v) is 5.43. The number of anilines is 1. The molecule has 1 aliphatic rings. The van der Waals surface area contributed by atoms with Crippen LogP contribution in [-0.4, -0.2) is 17.6 Å². The molecule has 0 saturated carbocycles. The van der Waals surface area contributed by atoms with E-state index in [0.29, 0.717) is 0 Å². The monoisotopic (exact) mass is 217 g/mol. The number of nitrogens with one attached hydrogen (secondary N) is 1. The molecule has 0 radical (unpaired) electrons. The minimum atomic E-state index is -0.950. The Balaban J connectivity index is 2.00. The van der Waals surface area contributed by atoms with Gasteiger partial charge in [0.25, 0.3) is 0 Å². The molecule has 0 unspecified atom stereocenters. The number of rotatable bonds is 4. The lowest BCUT2D eigenvalue weighted by atomic mass is 10.1. The summed E-state index contributed by atoms with van der Waals surface area (Å²) in [6.45, 7) is 3.77. The van der Waals surface area contributed by atoms with Crippen LogP contribution in [0.5, 0.6) is 0 Å².